The molecule has 7 nitrogen and oxygen atoms in total. The van der Waals surface area contributed by atoms with Crippen LogP contribution in [-0.4, -0.2) is 40.0 Å². The van der Waals surface area contributed by atoms with Crippen molar-refractivity contribution < 1.29 is 9.21 Å². The monoisotopic (exact) mass is 422 g/mol. The number of nitrogens with one attached hydrogen (secondary N) is 1. The van der Waals surface area contributed by atoms with Crippen LogP contribution < -0.4 is 10.9 Å². The van der Waals surface area contributed by atoms with Gasteiger partial charge >= 0.3 is 0 Å². The first-order valence-corrected chi connectivity index (χ1v) is 11.0. The number of likely N-dealkylation sites (tertiary alicyclic amines) is 1. The predicted octanol–water partition coefficient (Wildman–Crippen LogP) is 3.21. The van der Waals surface area contributed by atoms with Gasteiger partial charge in [-0.25, -0.2) is 4.98 Å². The lowest BCUT2D eigenvalue weighted by Crippen LogP contribution is -2.32. The Morgan fingerprint density at radius 3 is 2.81 bits per heavy atom. The molecular formula is C24H30N4O3. The summed E-state index contributed by atoms with van der Waals surface area (Å²) in [6.07, 6.45) is 2.54. The molecule has 0 radical (unpaired) electrons. The van der Waals surface area contributed by atoms with Crippen molar-refractivity contribution in [1.29, 1.82) is 0 Å². The van der Waals surface area contributed by atoms with Crippen molar-refractivity contribution in [3.63, 3.8) is 0 Å². The largest absolute Gasteiger partial charge is 0.442 e. The third-order valence-corrected chi connectivity index (χ3v) is 5.81. The lowest BCUT2D eigenvalue weighted by molar-refractivity contribution is 0.0947. The van der Waals surface area contributed by atoms with Crippen LogP contribution in [0.15, 0.2) is 45.9 Å². The van der Waals surface area contributed by atoms with Gasteiger partial charge in [-0.3, -0.25) is 19.1 Å². The molecule has 1 amide bonds. The second kappa shape index (κ2) is 9.06. The highest BCUT2D eigenvalue weighted by Crippen LogP contribution is 2.22. The Hall–Kier alpha value is -2.93. The van der Waals surface area contributed by atoms with Crippen LogP contribution in [0.25, 0.3) is 11.1 Å². The molecule has 1 aliphatic rings. The summed E-state index contributed by atoms with van der Waals surface area (Å²) in [5, 5.41) is 3.30. The standard InChI is InChI=1S/C24H30N4O3/c1-16(2)12-28-15-26-23-21(24(28)30)20(17(3)31-23)22(29)25-11-19-9-10-27(14-19)13-18-7-5-4-6-8-18/h4-8,15-16,19H,9-14H2,1-3H3,(H,25,29). The number of hydrogen-bond acceptors (Lipinski definition) is 5. The average molecular weight is 423 g/mol. The van der Waals surface area contributed by atoms with Gasteiger partial charge in [0.05, 0.1) is 5.56 Å². The van der Waals surface area contributed by atoms with Gasteiger partial charge in [-0.2, -0.15) is 0 Å². The molecule has 3 aromatic rings. The summed E-state index contributed by atoms with van der Waals surface area (Å²) in [6.45, 7) is 9.80. The zero-order valence-corrected chi connectivity index (χ0v) is 18.4. The second-order valence-corrected chi connectivity index (χ2v) is 8.89. The van der Waals surface area contributed by atoms with E-state index in [0.717, 1.165) is 26.1 Å². The molecule has 3 heterocycles. The first-order chi connectivity index (χ1) is 14.9. The normalized spacial score (nSPS) is 17.0. The van der Waals surface area contributed by atoms with Crippen LogP contribution in [-0.2, 0) is 13.1 Å². The minimum Gasteiger partial charge on any atom is -0.442 e. The van der Waals surface area contributed by atoms with Crippen molar-refractivity contribution in [3.05, 3.63) is 63.9 Å². The minimum absolute atomic E-state index is 0.225. The minimum atomic E-state index is -0.265. The number of fused-ring (bicyclic) bond motifs is 1. The summed E-state index contributed by atoms with van der Waals surface area (Å²) in [7, 11) is 0. The van der Waals surface area contributed by atoms with E-state index < -0.39 is 0 Å². The van der Waals surface area contributed by atoms with Crippen LogP contribution >= 0.6 is 0 Å². The van der Waals surface area contributed by atoms with Gasteiger partial charge in [0.15, 0.2) is 0 Å². The number of furan rings is 1. The Kier molecular flexibility index (Phi) is 6.23. The summed E-state index contributed by atoms with van der Waals surface area (Å²) in [6, 6.07) is 10.4. The fraction of sp³-hybridized carbons (Fsp3) is 0.458. The Labute approximate surface area is 182 Å². The molecule has 1 fully saturated rings. The summed E-state index contributed by atoms with van der Waals surface area (Å²) in [5.41, 5.74) is 1.61. The fourth-order valence-electron chi connectivity index (χ4n) is 4.32. The highest BCUT2D eigenvalue weighted by molar-refractivity contribution is 6.06. The van der Waals surface area contributed by atoms with E-state index in [9.17, 15) is 9.59 Å². The second-order valence-electron chi connectivity index (χ2n) is 8.89. The Morgan fingerprint density at radius 2 is 2.06 bits per heavy atom. The molecule has 4 rings (SSSR count). The predicted molar refractivity (Wildman–Crippen MR) is 120 cm³/mol. The fourth-order valence-corrected chi connectivity index (χ4v) is 4.32. The van der Waals surface area contributed by atoms with Gasteiger partial charge in [0, 0.05) is 26.2 Å². The van der Waals surface area contributed by atoms with E-state index in [1.54, 1.807) is 11.5 Å². The van der Waals surface area contributed by atoms with Crippen LogP contribution in [0.4, 0.5) is 0 Å². The Balaban J connectivity index is 1.43. The van der Waals surface area contributed by atoms with E-state index in [1.165, 1.54) is 11.9 Å². The number of aryl methyl sites for hydroxylation is 1. The van der Waals surface area contributed by atoms with Gasteiger partial charge in [-0.15, -0.1) is 0 Å². The zero-order chi connectivity index (χ0) is 22.0. The van der Waals surface area contributed by atoms with Crippen molar-refractivity contribution in [2.24, 2.45) is 11.8 Å². The van der Waals surface area contributed by atoms with Crippen molar-refractivity contribution >= 4 is 17.0 Å². The van der Waals surface area contributed by atoms with Crippen molar-refractivity contribution in [2.45, 2.75) is 40.3 Å². The SMILES string of the molecule is Cc1oc2ncn(CC(C)C)c(=O)c2c1C(=O)NCC1CCN(Cc2ccccc2)C1. The van der Waals surface area contributed by atoms with E-state index >= 15 is 0 Å². The highest BCUT2D eigenvalue weighted by Gasteiger charge is 2.26. The molecule has 1 aromatic carbocycles. The van der Waals surface area contributed by atoms with Crippen LogP contribution in [0.3, 0.4) is 0 Å². The van der Waals surface area contributed by atoms with Crippen molar-refractivity contribution in [1.82, 2.24) is 19.8 Å². The molecule has 164 valence electrons. The van der Waals surface area contributed by atoms with Gasteiger partial charge in [0.25, 0.3) is 11.5 Å². The van der Waals surface area contributed by atoms with Crippen LogP contribution in [0, 0.1) is 18.8 Å². The van der Waals surface area contributed by atoms with Gasteiger partial charge < -0.3 is 9.73 Å². The van der Waals surface area contributed by atoms with E-state index in [0.29, 0.717) is 36.2 Å². The summed E-state index contributed by atoms with van der Waals surface area (Å²) in [5.74, 6) is 0.848. The maximum Gasteiger partial charge on any atom is 0.265 e. The lowest BCUT2D eigenvalue weighted by Gasteiger charge is -2.16. The molecule has 1 unspecified atom stereocenters. The summed E-state index contributed by atoms with van der Waals surface area (Å²) < 4.78 is 7.18. The number of hydrogen-bond donors (Lipinski definition) is 1. The number of rotatable bonds is 7. The van der Waals surface area contributed by atoms with Crippen molar-refractivity contribution in [3.8, 4) is 0 Å². The van der Waals surface area contributed by atoms with Gasteiger partial charge in [-0.05, 0) is 37.3 Å². The zero-order valence-electron chi connectivity index (χ0n) is 18.4. The molecule has 2 aromatic heterocycles. The molecule has 7 heteroatoms. The number of amides is 1. The first-order valence-electron chi connectivity index (χ1n) is 11.0. The van der Waals surface area contributed by atoms with Gasteiger partial charge in [0.2, 0.25) is 5.71 Å². The topological polar surface area (TPSA) is 80.4 Å². The molecular weight excluding hydrogens is 392 g/mol. The first kappa shape index (κ1) is 21.3. The Morgan fingerprint density at radius 1 is 1.29 bits per heavy atom. The van der Waals surface area contributed by atoms with E-state index in [2.05, 4.69) is 39.5 Å². The van der Waals surface area contributed by atoms with E-state index in [4.69, 9.17) is 4.42 Å². The maximum absolute atomic E-state index is 13.0. The number of carbonyl (C=O) groups is 1. The third-order valence-electron chi connectivity index (χ3n) is 5.81. The van der Waals surface area contributed by atoms with E-state index in [1.807, 2.05) is 19.9 Å². The van der Waals surface area contributed by atoms with Gasteiger partial charge in [0.1, 0.15) is 17.5 Å². The van der Waals surface area contributed by atoms with Gasteiger partial charge in [-0.1, -0.05) is 44.2 Å². The summed E-state index contributed by atoms with van der Waals surface area (Å²) >= 11 is 0. The number of nitrogens with zero attached hydrogens (tertiary/aromatic N) is 3. The quantitative estimate of drug-likeness (QED) is 0.632. The molecule has 1 atom stereocenters. The average Bonchev–Trinajstić information content (AvgIpc) is 3.32. The highest BCUT2D eigenvalue weighted by atomic mass is 16.3. The van der Waals surface area contributed by atoms with Crippen LogP contribution in [0.1, 0.15) is 41.9 Å². The molecule has 1 saturated heterocycles. The Bertz CT molecular complexity index is 1120. The molecule has 1 N–H and O–H groups in total. The summed E-state index contributed by atoms with van der Waals surface area (Å²) in [4.78, 5) is 32.6. The molecule has 1 aliphatic heterocycles. The smallest absolute Gasteiger partial charge is 0.265 e. The molecule has 0 saturated carbocycles. The van der Waals surface area contributed by atoms with Crippen molar-refractivity contribution in [2.75, 3.05) is 19.6 Å². The number of aromatic nitrogens is 2. The number of carbonyl (C=O) groups excluding carboxylic acids is 1. The molecule has 31 heavy (non-hydrogen) atoms. The number of benzene rings is 1. The third kappa shape index (κ3) is 4.71. The molecule has 0 bridgehead atoms. The van der Waals surface area contributed by atoms with E-state index in [-0.39, 0.29) is 22.6 Å². The molecule has 0 aliphatic carbocycles. The lowest BCUT2D eigenvalue weighted by atomic mass is 10.1. The maximum atomic E-state index is 13.0. The molecule has 0 spiro atoms. The van der Waals surface area contributed by atoms with Crippen LogP contribution in [0.2, 0.25) is 0 Å². The van der Waals surface area contributed by atoms with Crippen LogP contribution in [0.5, 0.6) is 0 Å².